The second-order valence-corrected chi connectivity index (χ2v) is 17.6. The van der Waals surface area contributed by atoms with E-state index in [0.717, 1.165) is 66.8 Å². The van der Waals surface area contributed by atoms with Crippen molar-refractivity contribution >= 4 is 46.2 Å². The fourth-order valence-corrected chi connectivity index (χ4v) is 10.1. The second kappa shape index (κ2) is 14.7. The van der Waals surface area contributed by atoms with Crippen molar-refractivity contribution in [1.82, 2.24) is 19.9 Å². The normalized spacial score (nSPS) is 12.1. The number of thioether (sulfide) groups is 2. The molecule has 258 valence electrons. The van der Waals surface area contributed by atoms with Gasteiger partial charge >= 0.3 is 0 Å². The average molecular weight is 739 g/mol. The van der Waals surface area contributed by atoms with Crippen molar-refractivity contribution in [2.75, 3.05) is 0 Å². The molecule has 0 amide bonds. The number of nitrogens with zero attached hydrogens (tertiary/aromatic N) is 4. The SMILES string of the molecule is Cc1cc(C)nc(SCc2cc(-c3cc(CSc4nc(C)cc(C)n4)c(-c4ccc(C(C)(C)O)cc4)s3)sc2-c2ccc(C(C)(C)O)cc2)n1. The van der Waals surface area contributed by atoms with Crippen LogP contribution in [0, 0.1) is 27.7 Å². The van der Waals surface area contributed by atoms with Crippen LogP contribution in [0.15, 0.2) is 83.1 Å². The molecular weight excluding hydrogens is 697 g/mol. The molecule has 2 aromatic carbocycles. The van der Waals surface area contributed by atoms with E-state index in [1.807, 2.05) is 91.8 Å². The van der Waals surface area contributed by atoms with Gasteiger partial charge < -0.3 is 10.2 Å². The summed E-state index contributed by atoms with van der Waals surface area (Å²) in [4.78, 5) is 23.5. The molecule has 0 aliphatic carbocycles. The highest BCUT2D eigenvalue weighted by Crippen LogP contribution is 2.46. The van der Waals surface area contributed by atoms with Crippen molar-refractivity contribution in [2.45, 2.75) is 88.4 Å². The number of hydrogen-bond acceptors (Lipinski definition) is 10. The standard InChI is InChI=1S/C40H42N4O2S4/c1-23-17-24(2)42-37(41-23)47-21-29-19-33(49-35(29)27-9-13-31(14-10-27)39(5,6)45)34-20-30(22-48-38-43-25(3)18-26(4)44-38)36(50-34)28-11-15-32(16-12-28)40(7,8)46/h9-20,45-46H,21-22H2,1-8H3. The van der Waals surface area contributed by atoms with Crippen molar-refractivity contribution in [1.29, 1.82) is 0 Å². The van der Waals surface area contributed by atoms with E-state index in [4.69, 9.17) is 0 Å². The predicted molar refractivity (Wildman–Crippen MR) is 211 cm³/mol. The lowest BCUT2D eigenvalue weighted by atomic mass is 9.96. The largest absolute Gasteiger partial charge is 0.386 e. The van der Waals surface area contributed by atoms with Crippen molar-refractivity contribution in [3.05, 3.63) is 118 Å². The summed E-state index contributed by atoms with van der Waals surface area (Å²) >= 11 is 6.89. The monoisotopic (exact) mass is 738 g/mol. The lowest BCUT2D eigenvalue weighted by Gasteiger charge is -2.18. The van der Waals surface area contributed by atoms with Gasteiger partial charge in [-0.25, -0.2) is 19.9 Å². The Morgan fingerprint density at radius 2 is 0.840 bits per heavy atom. The minimum atomic E-state index is -0.909. The van der Waals surface area contributed by atoms with Crippen molar-refractivity contribution in [3.63, 3.8) is 0 Å². The molecule has 0 bridgehead atoms. The van der Waals surface area contributed by atoms with Gasteiger partial charge in [-0.3, -0.25) is 0 Å². The lowest BCUT2D eigenvalue weighted by Crippen LogP contribution is -2.14. The van der Waals surface area contributed by atoms with Crippen LogP contribution in [0.5, 0.6) is 0 Å². The molecule has 10 heteroatoms. The summed E-state index contributed by atoms with van der Waals surface area (Å²) in [5, 5.41) is 22.8. The number of thiophene rings is 2. The van der Waals surface area contributed by atoms with Crippen LogP contribution in [-0.2, 0) is 22.7 Å². The van der Waals surface area contributed by atoms with Gasteiger partial charge in [0.05, 0.1) is 11.2 Å². The van der Waals surface area contributed by atoms with Crippen LogP contribution in [0.2, 0.25) is 0 Å². The van der Waals surface area contributed by atoms with E-state index >= 15 is 0 Å². The summed E-state index contributed by atoms with van der Waals surface area (Å²) in [7, 11) is 0. The van der Waals surface area contributed by atoms with Crippen LogP contribution in [0.4, 0.5) is 0 Å². The van der Waals surface area contributed by atoms with Crippen molar-refractivity contribution in [2.24, 2.45) is 0 Å². The quantitative estimate of drug-likeness (QED) is 0.100. The molecule has 0 aliphatic rings. The average Bonchev–Trinajstić information content (AvgIpc) is 3.66. The number of aromatic nitrogens is 4. The Morgan fingerprint density at radius 3 is 1.14 bits per heavy atom. The van der Waals surface area contributed by atoms with E-state index in [9.17, 15) is 10.2 Å². The molecule has 0 spiro atoms. The first-order valence-corrected chi connectivity index (χ1v) is 20.1. The molecule has 4 aromatic heterocycles. The highest BCUT2D eigenvalue weighted by Gasteiger charge is 2.21. The molecule has 0 atom stereocenters. The number of hydrogen-bond donors (Lipinski definition) is 2. The maximum absolute atomic E-state index is 10.6. The van der Waals surface area contributed by atoms with Crippen LogP contribution in [0.25, 0.3) is 30.6 Å². The van der Waals surface area contributed by atoms with Crippen LogP contribution in [0.3, 0.4) is 0 Å². The van der Waals surface area contributed by atoms with Crippen LogP contribution in [0.1, 0.15) is 72.7 Å². The summed E-state index contributed by atoms with van der Waals surface area (Å²) in [6.45, 7) is 15.3. The second-order valence-electron chi connectivity index (χ2n) is 13.6. The third kappa shape index (κ3) is 8.73. The van der Waals surface area contributed by atoms with Gasteiger partial charge in [-0.1, -0.05) is 72.1 Å². The molecule has 6 nitrogen and oxygen atoms in total. The third-order valence-electron chi connectivity index (χ3n) is 8.20. The predicted octanol–water partition coefficient (Wildman–Crippen LogP) is 10.7. The first kappa shape index (κ1) is 36.4. The fourth-order valence-electron chi connectivity index (χ4n) is 5.66. The van der Waals surface area contributed by atoms with Gasteiger partial charge in [0.25, 0.3) is 0 Å². The highest BCUT2D eigenvalue weighted by atomic mass is 32.2. The molecule has 0 fully saturated rings. The fraction of sp³-hybridized carbons (Fsp3) is 0.300. The summed E-state index contributed by atoms with van der Waals surface area (Å²) in [5.74, 6) is 1.46. The molecule has 6 rings (SSSR count). The van der Waals surface area contributed by atoms with Gasteiger partial charge in [0.1, 0.15) is 0 Å². The Labute approximate surface area is 311 Å². The summed E-state index contributed by atoms with van der Waals surface area (Å²) in [6, 6.07) is 25.1. The molecule has 50 heavy (non-hydrogen) atoms. The van der Waals surface area contributed by atoms with E-state index in [1.165, 1.54) is 30.6 Å². The number of aryl methyl sites for hydroxylation is 4. The van der Waals surface area contributed by atoms with Crippen molar-refractivity contribution in [3.8, 4) is 30.6 Å². The molecular formula is C40H42N4O2S4. The Hall–Kier alpha value is -3.38. The summed E-state index contributed by atoms with van der Waals surface area (Å²) in [6.07, 6.45) is 0. The molecule has 0 saturated heterocycles. The van der Waals surface area contributed by atoms with E-state index < -0.39 is 11.2 Å². The van der Waals surface area contributed by atoms with Crippen LogP contribution < -0.4 is 0 Å². The molecule has 0 aliphatic heterocycles. The molecule has 0 saturated carbocycles. The zero-order chi connectivity index (χ0) is 35.8. The smallest absolute Gasteiger partial charge is 0.188 e. The van der Waals surface area contributed by atoms with E-state index in [-0.39, 0.29) is 0 Å². The Balaban J connectivity index is 1.41. The zero-order valence-corrected chi connectivity index (χ0v) is 32.9. The third-order valence-corrected chi connectivity index (χ3v) is 12.6. The van der Waals surface area contributed by atoms with Crippen molar-refractivity contribution < 1.29 is 10.2 Å². The van der Waals surface area contributed by atoms with Gasteiger partial charge in [-0.15, -0.1) is 22.7 Å². The summed E-state index contributed by atoms with van der Waals surface area (Å²) in [5.41, 5.74) is 8.48. The number of aliphatic hydroxyl groups is 2. The van der Waals surface area contributed by atoms with Gasteiger partial charge in [0.2, 0.25) is 0 Å². The highest BCUT2D eigenvalue weighted by molar-refractivity contribution is 7.98. The van der Waals surface area contributed by atoms with E-state index in [0.29, 0.717) is 0 Å². The Morgan fingerprint density at radius 1 is 0.520 bits per heavy atom. The maximum Gasteiger partial charge on any atom is 0.188 e. The zero-order valence-electron chi connectivity index (χ0n) is 29.7. The molecule has 0 radical (unpaired) electrons. The van der Waals surface area contributed by atoms with Gasteiger partial charge in [-0.05, 0) is 113 Å². The molecule has 2 N–H and O–H groups in total. The van der Waals surface area contributed by atoms with E-state index in [1.54, 1.807) is 46.2 Å². The number of benzene rings is 2. The topological polar surface area (TPSA) is 92.0 Å². The first-order chi connectivity index (χ1) is 23.6. The number of rotatable bonds is 11. The van der Waals surface area contributed by atoms with Gasteiger partial charge in [0, 0.05) is 53.8 Å². The van der Waals surface area contributed by atoms with Crippen LogP contribution in [-0.4, -0.2) is 30.1 Å². The minimum absolute atomic E-state index is 0.728. The maximum atomic E-state index is 10.6. The molecule has 4 heterocycles. The summed E-state index contributed by atoms with van der Waals surface area (Å²) < 4.78 is 0. The first-order valence-electron chi connectivity index (χ1n) is 16.4. The Kier molecular flexibility index (Phi) is 10.7. The lowest BCUT2D eigenvalue weighted by molar-refractivity contribution is 0.0780. The minimum Gasteiger partial charge on any atom is -0.386 e. The van der Waals surface area contributed by atoms with E-state index in [2.05, 4.69) is 56.3 Å². The van der Waals surface area contributed by atoms with Gasteiger partial charge in [-0.2, -0.15) is 0 Å². The molecule has 6 aromatic rings. The Bertz CT molecular complexity index is 1930. The molecule has 0 unspecified atom stereocenters. The van der Waals surface area contributed by atoms with Crippen LogP contribution >= 0.6 is 46.2 Å². The van der Waals surface area contributed by atoms with Gasteiger partial charge in [0.15, 0.2) is 10.3 Å².